The molecule has 2 heteroatoms. The molecule has 1 rings (SSSR count). The number of alkyl halides is 1. The Hall–Kier alpha value is -0.200. The lowest BCUT2D eigenvalue weighted by Gasteiger charge is -2.21. The number of halogens is 2. The van der Waals surface area contributed by atoms with Gasteiger partial charge in [0, 0.05) is 10.9 Å². The highest BCUT2D eigenvalue weighted by atomic mass is 35.5. The van der Waals surface area contributed by atoms with Crippen LogP contribution in [0.25, 0.3) is 0 Å². The highest BCUT2D eigenvalue weighted by molar-refractivity contribution is 6.30. The van der Waals surface area contributed by atoms with Crippen LogP contribution in [-0.4, -0.2) is 5.88 Å². The molecule has 0 aromatic heterocycles. The van der Waals surface area contributed by atoms with Crippen molar-refractivity contribution < 1.29 is 0 Å². The lowest BCUT2D eigenvalue weighted by Crippen LogP contribution is -2.16. The van der Waals surface area contributed by atoms with Crippen LogP contribution in [0.4, 0.5) is 0 Å². The van der Waals surface area contributed by atoms with Crippen molar-refractivity contribution >= 4 is 23.2 Å². The first kappa shape index (κ1) is 10.9. The van der Waals surface area contributed by atoms with Gasteiger partial charge in [-0.2, -0.15) is 0 Å². The average Bonchev–Trinajstić information content (AvgIpc) is 2.09. The van der Waals surface area contributed by atoms with Crippen molar-refractivity contribution in [3.8, 4) is 0 Å². The van der Waals surface area contributed by atoms with Crippen molar-refractivity contribution in [1.29, 1.82) is 0 Å². The van der Waals surface area contributed by atoms with Crippen molar-refractivity contribution in [1.82, 2.24) is 0 Å². The zero-order valence-corrected chi connectivity index (χ0v) is 9.49. The smallest absolute Gasteiger partial charge is 0.0406 e. The van der Waals surface area contributed by atoms with Crippen LogP contribution in [0, 0.1) is 5.41 Å². The zero-order chi connectivity index (χ0) is 9.90. The third-order valence-corrected chi connectivity index (χ3v) is 2.93. The van der Waals surface area contributed by atoms with E-state index in [0.29, 0.717) is 5.88 Å². The topological polar surface area (TPSA) is 0 Å². The van der Waals surface area contributed by atoms with Gasteiger partial charge in [0.2, 0.25) is 0 Å². The van der Waals surface area contributed by atoms with Gasteiger partial charge in [-0.1, -0.05) is 37.6 Å². The Kier molecular flexibility index (Phi) is 3.63. The quantitative estimate of drug-likeness (QED) is 0.667. The van der Waals surface area contributed by atoms with E-state index in [9.17, 15) is 0 Å². The lowest BCUT2D eigenvalue weighted by atomic mass is 9.88. The fraction of sp³-hybridized carbons (Fsp3) is 0.455. The predicted octanol–water partition coefficient (Wildman–Crippen LogP) is 4.15. The first-order valence-electron chi connectivity index (χ1n) is 4.34. The first-order chi connectivity index (χ1) is 6.03. The van der Waals surface area contributed by atoms with Crippen molar-refractivity contribution in [2.45, 2.75) is 20.3 Å². The maximum absolute atomic E-state index is 5.85. The molecule has 0 spiro atoms. The minimum Gasteiger partial charge on any atom is -0.126 e. The Morgan fingerprint density at radius 1 is 1.15 bits per heavy atom. The van der Waals surface area contributed by atoms with Crippen LogP contribution in [-0.2, 0) is 6.42 Å². The molecule has 0 bridgehead atoms. The van der Waals surface area contributed by atoms with E-state index in [1.807, 2.05) is 12.1 Å². The molecular weight excluding hydrogens is 203 g/mol. The maximum atomic E-state index is 5.85. The largest absolute Gasteiger partial charge is 0.126 e. The summed E-state index contributed by atoms with van der Waals surface area (Å²) >= 11 is 11.6. The van der Waals surface area contributed by atoms with Crippen molar-refractivity contribution in [2.24, 2.45) is 5.41 Å². The highest BCUT2D eigenvalue weighted by Crippen LogP contribution is 2.23. The minimum atomic E-state index is 0.162. The van der Waals surface area contributed by atoms with Crippen LogP contribution in [0.1, 0.15) is 19.4 Å². The average molecular weight is 217 g/mol. The molecule has 1 aromatic rings. The van der Waals surface area contributed by atoms with Crippen molar-refractivity contribution in [3.05, 3.63) is 34.9 Å². The number of rotatable bonds is 3. The second-order valence-electron chi connectivity index (χ2n) is 4.10. The Labute approximate surface area is 89.9 Å². The summed E-state index contributed by atoms with van der Waals surface area (Å²) in [6.45, 7) is 4.32. The summed E-state index contributed by atoms with van der Waals surface area (Å²) in [5.41, 5.74) is 1.45. The van der Waals surface area contributed by atoms with E-state index in [0.717, 1.165) is 11.4 Å². The molecule has 0 amide bonds. The van der Waals surface area contributed by atoms with Gasteiger partial charge in [0.15, 0.2) is 0 Å². The van der Waals surface area contributed by atoms with Crippen LogP contribution in [0.2, 0.25) is 5.02 Å². The van der Waals surface area contributed by atoms with Gasteiger partial charge in [-0.15, -0.1) is 11.6 Å². The van der Waals surface area contributed by atoms with Gasteiger partial charge in [-0.3, -0.25) is 0 Å². The van der Waals surface area contributed by atoms with Crippen molar-refractivity contribution in [3.63, 3.8) is 0 Å². The molecule has 0 aliphatic carbocycles. The van der Waals surface area contributed by atoms with E-state index in [2.05, 4.69) is 26.0 Å². The van der Waals surface area contributed by atoms with Crippen LogP contribution in [0.5, 0.6) is 0 Å². The fourth-order valence-corrected chi connectivity index (χ4v) is 1.42. The van der Waals surface area contributed by atoms with E-state index in [-0.39, 0.29) is 5.41 Å². The molecule has 0 heterocycles. The summed E-state index contributed by atoms with van der Waals surface area (Å²) in [5.74, 6) is 0.676. The highest BCUT2D eigenvalue weighted by Gasteiger charge is 2.16. The maximum Gasteiger partial charge on any atom is 0.0406 e. The summed E-state index contributed by atoms with van der Waals surface area (Å²) in [4.78, 5) is 0. The standard InChI is InChI=1S/C11H14Cl2/c1-11(2,8-12)7-9-3-5-10(13)6-4-9/h3-6H,7-8H2,1-2H3. The van der Waals surface area contributed by atoms with E-state index in [4.69, 9.17) is 23.2 Å². The Balaban J connectivity index is 2.69. The monoisotopic (exact) mass is 216 g/mol. The van der Waals surface area contributed by atoms with Crippen molar-refractivity contribution in [2.75, 3.05) is 5.88 Å². The summed E-state index contributed by atoms with van der Waals surface area (Å²) < 4.78 is 0. The van der Waals surface area contributed by atoms with E-state index in [1.54, 1.807) is 0 Å². The number of benzene rings is 1. The molecule has 0 saturated carbocycles. The summed E-state index contributed by atoms with van der Waals surface area (Å²) in [6, 6.07) is 7.94. The Morgan fingerprint density at radius 3 is 2.15 bits per heavy atom. The molecule has 72 valence electrons. The first-order valence-corrected chi connectivity index (χ1v) is 5.25. The van der Waals surface area contributed by atoms with E-state index in [1.165, 1.54) is 5.56 Å². The summed E-state index contributed by atoms with van der Waals surface area (Å²) in [5, 5.41) is 0.785. The molecule has 0 aliphatic heterocycles. The number of hydrogen-bond donors (Lipinski definition) is 0. The molecule has 0 atom stereocenters. The molecule has 0 saturated heterocycles. The molecule has 0 radical (unpaired) electrons. The fourth-order valence-electron chi connectivity index (χ4n) is 1.20. The van der Waals surface area contributed by atoms with Gasteiger partial charge in [0.25, 0.3) is 0 Å². The second kappa shape index (κ2) is 4.34. The van der Waals surface area contributed by atoms with Gasteiger partial charge in [-0.05, 0) is 29.5 Å². The minimum absolute atomic E-state index is 0.162. The van der Waals surface area contributed by atoms with Crippen LogP contribution < -0.4 is 0 Å². The zero-order valence-electron chi connectivity index (χ0n) is 7.98. The molecule has 0 nitrogen and oxygen atoms in total. The molecule has 0 fully saturated rings. The number of hydrogen-bond acceptors (Lipinski definition) is 0. The molecule has 0 N–H and O–H groups in total. The van der Waals surface area contributed by atoms with Crippen LogP contribution in [0.3, 0.4) is 0 Å². The van der Waals surface area contributed by atoms with E-state index < -0.39 is 0 Å². The van der Waals surface area contributed by atoms with Gasteiger partial charge in [-0.25, -0.2) is 0 Å². The van der Waals surface area contributed by atoms with Gasteiger partial charge >= 0.3 is 0 Å². The third kappa shape index (κ3) is 3.58. The lowest BCUT2D eigenvalue weighted by molar-refractivity contribution is 0.418. The molecule has 0 aliphatic rings. The van der Waals surface area contributed by atoms with Crippen LogP contribution in [0.15, 0.2) is 24.3 Å². The predicted molar refractivity (Wildman–Crippen MR) is 59.7 cm³/mol. The molecule has 0 unspecified atom stereocenters. The van der Waals surface area contributed by atoms with Gasteiger partial charge < -0.3 is 0 Å². The molecular formula is C11H14Cl2. The van der Waals surface area contributed by atoms with Gasteiger partial charge in [0.1, 0.15) is 0 Å². The summed E-state index contributed by atoms with van der Waals surface area (Å²) in [6.07, 6.45) is 0.994. The molecule has 13 heavy (non-hydrogen) atoms. The third-order valence-electron chi connectivity index (χ3n) is 1.96. The Bertz CT molecular complexity index is 262. The molecule has 1 aromatic carbocycles. The summed E-state index contributed by atoms with van der Waals surface area (Å²) in [7, 11) is 0. The SMILES string of the molecule is CC(C)(CCl)Cc1ccc(Cl)cc1. The van der Waals surface area contributed by atoms with Crippen LogP contribution >= 0.6 is 23.2 Å². The van der Waals surface area contributed by atoms with Gasteiger partial charge in [0.05, 0.1) is 0 Å². The second-order valence-corrected chi connectivity index (χ2v) is 4.80. The normalized spacial score (nSPS) is 11.7. The Morgan fingerprint density at radius 2 is 1.69 bits per heavy atom. The van der Waals surface area contributed by atoms with E-state index >= 15 is 0 Å².